The third-order valence-corrected chi connectivity index (χ3v) is 6.05. The molecule has 1 aromatic rings. The second-order valence-corrected chi connectivity index (χ2v) is 9.04. The normalized spacial score (nSPS) is 29.7. The van der Waals surface area contributed by atoms with Gasteiger partial charge in [0.05, 0.1) is 6.26 Å². The summed E-state index contributed by atoms with van der Waals surface area (Å²) >= 11 is 0. The van der Waals surface area contributed by atoms with Gasteiger partial charge < -0.3 is 4.90 Å². The highest BCUT2D eigenvalue weighted by Gasteiger charge is 2.28. The van der Waals surface area contributed by atoms with Crippen molar-refractivity contribution in [3.63, 3.8) is 0 Å². The highest BCUT2D eigenvalue weighted by atomic mass is 32.2. The Bertz CT molecular complexity index is 595. The quantitative estimate of drug-likeness (QED) is 0.899. The Morgan fingerprint density at radius 1 is 1.09 bits per heavy atom. The summed E-state index contributed by atoms with van der Waals surface area (Å²) in [5.74, 6) is 1.50. The summed E-state index contributed by atoms with van der Waals surface area (Å²) in [6.45, 7) is 3.01. The SMILES string of the molecule is CS(=O)(=O)NC1CCN(CC2CCC(c3ccccc3)CC2)C1. The third kappa shape index (κ3) is 5.03. The number of rotatable bonds is 5. The summed E-state index contributed by atoms with van der Waals surface area (Å²) in [7, 11) is -3.08. The molecule has 2 aliphatic rings. The predicted molar refractivity (Wildman–Crippen MR) is 94.0 cm³/mol. The number of likely N-dealkylation sites (tertiary alicyclic amines) is 1. The van der Waals surface area contributed by atoms with Crippen molar-refractivity contribution in [3.8, 4) is 0 Å². The van der Waals surface area contributed by atoms with Gasteiger partial charge >= 0.3 is 0 Å². The van der Waals surface area contributed by atoms with Crippen molar-refractivity contribution in [3.05, 3.63) is 35.9 Å². The van der Waals surface area contributed by atoms with Crippen LogP contribution < -0.4 is 4.72 Å². The van der Waals surface area contributed by atoms with Crippen LogP contribution in [0, 0.1) is 5.92 Å². The number of hydrogen-bond acceptors (Lipinski definition) is 3. The molecule has 3 rings (SSSR count). The van der Waals surface area contributed by atoms with Crippen molar-refractivity contribution in [1.82, 2.24) is 9.62 Å². The number of nitrogens with zero attached hydrogens (tertiary/aromatic N) is 1. The first kappa shape index (κ1) is 16.9. The Labute approximate surface area is 140 Å². The number of hydrogen-bond donors (Lipinski definition) is 1. The Balaban J connectivity index is 1.43. The molecule has 23 heavy (non-hydrogen) atoms. The summed E-state index contributed by atoms with van der Waals surface area (Å²) in [5.41, 5.74) is 1.49. The summed E-state index contributed by atoms with van der Waals surface area (Å²) in [6, 6.07) is 11.0. The molecule has 128 valence electrons. The number of sulfonamides is 1. The van der Waals surface area contributed by atoms with Crippen molar-refractivity contribution in [2.24, 2.45) is 5.92 Å². The Morgan fingerprint density at radius 3 is 2.43 bits per heavy atom. The zero-order chi connectivity index (χ0) is 16.3. The fraction of sp³-hybridized carbons (Fsp3) is 0.667. The molecule has 1 N–H and O–H groups in total. The van der Waals surface area contributed by atoms with Gasteiger partial charge in [0.25, 0.3) is 0 Å². The van der Waals surface area contributed by atoms with Crippen LogP contribution in [0.1, 0.15) is 43.6 Å². The minimum absolute atomic E-state index is 0.102. The van der Waals surface area contributed by atoms with Gasteiger partial charge in [0.1, 0.15) is 0 Å². The van der Waals surface area contributed by atoms with Crippen LogP contribution in [0.4, 0.5) is 0 Å². The van der Waals surface area contributed by atoms with Crippen LogP contribution in [-0.4, -0.2) is 45.2 Å². The largest absolute Gasteiger partial charge is 0.301 e. The maximum atomic E-state index is 11.3. The second kappa shape index (κ2) is 7.32. The molecule has 0 bridgehead atoms. The van der Waals surface area contributed by atoms with E-state index < -0.39 is 10.0 Å². The van der Waals surface area contributed by atoms with E-state index in [0.29, 0.717) is 0 Å². The summed E-state index contributed by atoms with van der Waals surface area (Å²) < 4.78 is 25.4. The van der Waals surface area contributed by atoms with Gasteiger partial charge in [-0.25, -0.2) is 13.1 Å². The van der Waals surface area contributed by atoms with E-state index in [1.807, 2.05) is 0 Å². The molecule has 1 saturated carbocycles. The molecule has 1 heterocycles. The molecule has 4 nitrogen and oxygen atoms in total. The molecule has 1 atom stereocenters. The standard InChI is InChI=1S/C18H28N2O2S/c1-23(21,22)19-18-11-12-20(14-18)13-15-7-9-17(10-8-15)16-5-3-2-4-6-16/h2-6,15,17-19H,7-14H2,1H3. The fourth-order valence-corrected chi connectivity index (χ4v) is 4.96. The van der Waals surface area contributed by atoms with E-state index in [1.54, 1.807) is 0 Å². The van der Waals surface area contributed by atoms with Crippen LogP contribution in [0.5, 0.6) is 0 Å². The Kier molecular flexibility index (Phi) is 5.39. The van der Waals surface area contributed by atoms with Gasteiger partial charge in [-0.1, -0.05) is 30.3 Å². The molecule has 1 aromatic carbocycles. The molecular weight excluding hydrogens is 308 g/mol. The third-order valence-electron chi connectivity index (χ3n) is 5.29. The van der Waals surface area contributed by atoms with Gasteiger partial charge in [0, 0.05) is 19.1 Å². The van der Waals surface area contributed by atoms with Gasteiger partial charge in [0.15, 0.2) is 0 Å². The van der Waals surface area contributed by atoms with Crippen molar-refractivity contribution >= 4 is 10.0 Å². The molecule has 2 fully saturated rings. The lowest BCUT2D eigenvalue weighted by Crippen LogP contribution is -2.37. The van der Waals surface area contributed by atoms with Crippen LogP contribution >= 0.6 is 0 Å². The minimum atomic E-state index is -3.08. The van der Waals surface area contributed by atoms with Gasteiger partial charge in [-0.05, 0) is 56.0 Å². The molecule has 1 saturated heterocycles. The van der Waals surface area contributed by atoms with Crippen LogP contribution in [0.3, 0.4) is 0 Å². The van der Waals surface area contributed by atoms with Crippen molar-refractivity contribution in [1.29, 1.82) is 0 Å². The highest BCUT2D eigenvalue weighted by molar-refractivity contribution is 7.88. The molecule has 0 amide bonds. The van der Waals surface area contributed by atoms with E-state index in [1.165, 1.54) is 37.5 Å². The molecule has 0 radical (unpaired) electrons. The lowest BCUT2D eigenvalue weighted by molar-refractivity contribution is 0.221. The maximum absolute atomic E-state index is 11.3. The van der Waals surface area contributed by atoms with Gasteiger partial charge in [-0.2, -0.15) is 0 Å². The average Bonchev–Trinajstić information content (AvgIpc) is 2.94. The van der Waals surface area contributed by atoms with E-state index in [4.69, 9.17) is 0 Å². The number of nitrogens with one attached hydrogen (secondary N) is 1. The van der Waals surface area contributed by atoms with E-state index in [9.17, 15) is 8.42 Å². The Morgan fingerprint density at radius 2 is 1.78 bits per heavy atom. The molecular formula is C18H28N2O2S. The highest BCUT2D eigenvalue weighted by Crippen LogP contribution is 2.36. The van der Waals surface area contributed by atoms with Crippen LogP contribution in [0.25, 0.3) is 0 Å². The fourth-order valence-electron chi connectivity index (χ4n) is 4.17. The van der Waals surface area contributed by atoms with E-state index in [0.717, 1.165) is 37.9 Å². The minimum Gasteiger partial charge on any atom is -0.301 e. The Hall–Kier alpha value is -0.910. The van der Waals surface area contributed by atoms with Crippen molar-refractivity contribution in [2.45, 2.75) is 44.1 Å². The topological polar surface area (TPSA) is 49.4 Å². The van der Waals surface area contributed by atoms with Crippen LogP contribution in [-0.2, 0) is 10.0 Å². The average molecular weight is 337 g/mol. The summed E-state index contributed by atoms with van der Waals surface area (Å²) in [5, 5.41) is 0. The van der Waals surface area contributed by atoms with Gasteiger partial charge in [0.2, 0.25) is 10.0 Å². The lowest BCUT2D eigenvalue weighted by atomic mass is 9.78. The second-order valence-electron chi connectivity index (χ2n) is 7.26. The van der Waals surface area contributed by atoms with Gasteiger partial charge in [-0.15, -0.1) is 0 Å². The molecule has 1 unspecified atom stereocenters. The molecule has 1 aliphatic carbocycles. The van der Waals surface area contributed by atoms with Crippen molar-refractivity contribution in [2.75, 3.05) is 25.9 Å². The zero-order valence-corrected chi connectivity index (χ0v) is 14.8. The summed E-state index contributed by atoms with van der Waals surface area (Å²) in [6.07, 6.45) is 7.34. The predicted octanol–water partition coefficient (Wildman–Crippen LogP) is 2.58. The van der Waals surface area contributed by atoms with Crippen LogP contribution in [0.15, 0.2) is 30.3 Å². The first-order valence-corrected chi connectivity index (χ1v) is 10.6. The van der Waals surface area contributed by atoms with Gasteiger partial charge in [-0.3, -0.25) is 0 Å². The molecule has 5 heteroatoms. The number of benzene rings is 1. The maximum Gasteiger partial charge on any atom is 0.208 e. The first-order valence-electron chi connectivity index (χ1n) is 8.74. The van der Waals surface area contributed by atoms with E-state index in [-0.39, 0.29) is 6.04 Å². The molecule has 1 aliphatic heterocycles. The van der Waals surface area contributed by atoms with Crippen molar-refractivity contribution < 1.29 is 8.42 Å². The van der Waals surface area contributed by atoms with E-state index in [2.05, 4.69) is 40.0 Å². The molecule has 0 aromatic heterocycles. The van der Waals surface area contributed by atoms with E-state index >= 15 is 0 Å². The smallest absolute Gasteiger partial charge is 0.208 e. The molecule has 0 spiro atoms. The summed E-state index contributed by atoms with van der Waals surface area (Å²) in [4.78, 5) is 2.44. The monoisotopic (exact) mass is 336 g/mol. The first-order chi connectivity index (χ1) is 11.0. The van der Waals surface area contributed by atoms with Crippen LogP contribution in [0.2, 0.25) is 0 Å². The zero-order valence-electron chi connectivity index (χ0n) is 13.9. The lowest BCUT2D eigenvalue weighted by Gasteiger charge is -2.31.